The number of aromatic nitrogens is 3. The maximum Gasteiger partial charge on any atom is 0.251 e. The fourth-order valence-electron chi connectivity index (χ4n) is 3.39. The summed E-state index contributed by atoms with van der Waals surface area (Å²) in [4.78, 5) is 21.0. The first-order valence-corrected chi connectivity index (χ1v) is 10.1. The van der Waals surface area contributed by atoms with Crippen LogP contribution >= 0.6 is 0 Å². The Hall–Kier alpha value is -3.67. The zero-order valence-electron chi connectivity index (χ0n) is 16.7. The van der Waals surface area contributed by atoms with E-state index in [0.29, 0.717) is 25.1 Å². The topological polar surface area (TPSA) is 69.0 Å². The Morgan fingerprint density at radius 3 is 2.57 bits per heavy atom. The molecule has 0 aliphatic heterocycles. The Kier molecular flexibility index (Phi) is 6.35. The molecule has 30 heavy (non-hydrogen) atoms. The Balaban J connectivity index is 1.38. The summed E-state index contributed by atoms with van der Waals surface area (Å²) < 4.78 is 8.05. The van der Waals surface area contributed by atoms with E-state index in [1.54, 1.807) is 24.5 Å². The number of imidazole rings is 1. The van der Waals surface area contributed by atoms with Gasteiger partial charge in [0.1, 0.15) is 11.6 Å². The van der Waals surface area contributed by atoms with Gasteiger partial charge in [0.2, 0.25) is 0 Å². The van der Waals surface area contributed by atoms with Gasteiger partial charge in [-0.15, -0.1) is 0 Å². The Bertz CT molecular complexity index is 1090. The standard InChI is InChI=1S/C24H24N4O2/c29-24(19-11-14-25-15-12-19)26-16-13-23-27-21-9-4-5-10-22(21)28(23)17-6-18-30-20-7-2-1-3-8-20/h1-5,7-12,14-15H,6,13,16-18H2,(H,26,29). The number of fused-ring (bicyclic) bond motifs is 1. The second-order valence-electron chi connectivity index (χ2n) is 6.93. The lowest BCUT2D eigenvalue weighted by Gasteiger charge is -2.11. The monoisotopic (exact) mass is 400 g/mol. The number of carbonyl (C=O) groups excluding carboxylic acids is 1. The molecule has 4 aromatic rings. The molecule has 6 nitrogen and oxygen atoms in total. The molecule has 0 fully saturated rings. The third-order valence-corrected chi connectivity index (χ3v) is 4.85. The lowest BCUT2D eigenvalue weighted by atomic mass is 10.2. The smallest absolute Gasteiger partial charge is 0.251 e. The largest absolute Gasteiger partial charge is 0.494 e. The van der Waals surface area contributed by atoms with Crippen molar-refractivity contribution in [3.8, 4) is 5.75 Å². The van der Waals surface area contributed by atoms with E-state index < -0.39 is 0 Å². The summed E-state index contributed by atoms with van der Waals surface area (Å²) in [6, 6.07) is 21.4. The van der Waals surface area contributed by atoms with Crippen LogP contribution in [0.15, 0.2) is 79.1 Å². The van der Waals surface area contributed by atoms with E-state index >= 15 is 0 Å². The van der Waals surface area contributed by atoms with Crippen molar-refractivity contribution in [1.29, 1.82) is 0 Å². The van der Waals surface area contributed by atoms with Crippen LogP contribution in [0.2, 0.25) is 0 Å². The highest BCUT2D eigenvalue weighted by Gasteiger charge is 2.11. The molecule has 0 atom stereocenters. The Morgan fingerprint density at radius 2 is 1.73 bits per heavy atom. The van der Waals surface area contributed by atoms with Crippen molar-refractivity contribution >= 4 is 16.9 Å². The van der Waals surface area contributed by atoms with E-state index in [0.717, 1.165) is 35.6 Å². The molecule has 0 radical (unpaired) electrons. The lowest BCUT2D eigenvalue weighted by Crippen LogP contribution is -2.26. The Labute approximate surface area is 175 Å². The number of amides is 1. The molecule has 0 unspecified atom stereocenters. The molecule has 1 amide bonds. The van der Waals surface area contributed by atoms with E-state index in [9.17, 15) is 4.79 Å². The van der Waals surface area contributed by atoms with Gasteiger partial charge in [-0.25, -0.2) is 4.98 Å². The summed E-state index contributed by atoms with van der Waals surface area (Å²) in [6.45, 7) is 1.96. The minimum atomic E-state index is -0.101. The van der Waals surface area contributed by atoms with Crippen LogP contribution in [0, 0.1) is 0 Å². The first kappa shape index (κ1) is 19.6. The zero-order valence-corrected chi connectivity index (χ0v) is 16.7. The van der Waals surface area contributed by atoms with Crippen LogP contribution in [-0.2, 0) is 13.0 Å². The van der Waals surface area contributed by atoms with Gasteiger partial charge < -0.3 is 14.6 Å². The van der Waals surface area contributed by atoms with Crippen LogP contribution in [0.1, 0.15) is 22.6 Å². The minimum absolute atomic E-state index is 0.101. The fraction of sp³-hybridized carbons (Fsp3) is 0.208. The molecule has 0 aliphatic carbocycles. The van der Waals surface area contributed by atoms with Crippen molar-refractivity contribution in [3.05, 3.63) is 90.5 Å². The number of nitrogens with zero attached hydrogens (tertiary/aromatic N) is 3. The average molecular weight is 400 g/mol. The molecule has 2 aromatic heterocycles. The van der Waals surface area contributed by atoms with Crippen molar-refractivity contribution in [2.75, 3.05) is 13.2 Å². The minimum Gasteiger partial charge on any atom is -0.494 e. The van der Waals surface area contributed by atoms with Crippen LogP contribution in [0.5, 0.6) is 5.75 Å². The van der Waals surface area contributed by atoms with Gasteiger partial charge in [-0.3, -0.25) is 9.78 Å². The molecular weight excluding hydrogens is 376 g/mol. The van der Waals surface area contributed by atoms with Crippen molar-refractivity contribution in [3.63, 3.8) is 0 Å². The summed E-state index contributed by atoms with van der Waals surface area (Å²) >= 11 is 0. The normalized spacial score (nSPS) is 10.8. The predicted molar refractivity (Wildman–Crippen MR) is 117 cm³/mol. The number of para-hydroxylation sites is 3. The molecule has 4 rings (SSSR count). The number of carbonyl (C=O) groups is 1. The van der Waals surface area contributed by atoms with E-state index in [2.05, 4.69) is 20.9 Å². The van der Waals surface area contributed by atoms with Crippen LogP contribution in [-0.4, -0.2) is 33.6 Å². The number of rotatable bonds is 9. The van der Waals surface area contributed by atoms with Gasteiger partial charge in [0.05, 0.1) is 17.6 Å². The second-order valence-corrected chi connectivity index (χ2v) is 6.93. The molecule has 0 bridgehead atoms. The van der Waals surface area contributed by atoms with Gasteiger partial charge in [-0.05, 0) is 42.8 Å². The van der Waals surface area contributed by atoms with E-state index in [1.165, 1.54) is 0 Å². The van der Waals surface area contributed by atoms with Crippen LogP contribution in [0.3, 0.4) is 0 Å². The summed E-state index contributed by atoms with van der Waals surface area (Å²) in [6.07, 6.45) is 4.76. The number of ether oxygens (including phenoxy) is 1. The third kappa shape index (κ3) is 4.84. The van der Waals surface area contributed by atoms with E-state index in [-0.39, 0.29) is 5.91 Å². The van der Waals surface area contributed by atoms with E-state index in [4.69, 9.17) is 9.72 Å². The van der Waals surface area contributed by atoms with Crippen molar-refractivity contribution in [1.82, 2.24) is 19.9 Å². The van der Waals surface area contributed by atoms with Gasteiger partial charge in [0.25, 0.3) is 5.91 Å². The highest BCUT2D eigenvalue weighted by Crippen LogP contribution is 2.17. The van der Waals surface area contributed by atoms with Crippen LogP contribution < -0.4 is 10.1 Å². The van der Waals surface area contributed by atoms with Crippen LogP contribution in [0.4, 0.5) is 0 Å². The zero-order chi connectivity index (χ0) is 20.6. The number of benzene rings is 2. The maximum atomic E-state index is 12.3. The lowest BCUT2D eigenvalue weighted by molar-refractivity contribution is 0.0954. The maximum absolute atomic E-state index is 12.3. The molecule has 1 N–H and O–H groups in total. The summed E-state index contributed by atoms with van der Waals surface area (Å²) in [7, 11) is 0. The third-order valence-electron chi connectivity index (χ3n) is 4.85. The molecule has 152 valence electrons. The van der Waals surface area contributed by atoms with Gasteiger partial charge in [0, 0.05) is 37.5 Å². The first-order valence-electron chi connectivity index (χ1n) is 10.1. The quantitative estimate of drug-likeness (QED) is 0.433. The first-order chi connectivity index (χ1) is 14.8. The van der Waals surface area contributed by atoms with Gasteiger partial charge in [-0.1, -0.05) is 30.3 Å². The molecule has 0 aliphatic rings. The summed E-state index contributed by atoms with van der Waals surface area (Å²) in [5.41, 5.74) is 2.68. The van der Waals surface area contributed by atoms with Crippen molar-refractivity contribution < 1.29 is 9.53 Å². The van der Waals surface area contributed by atoms with Crippen LogP contribution in [0.25, 0.3) is 11.0 Å². The van der Waals surface area contributed by atoms with Gasteiger partial charge >= 0.3 is 0 Å². The summed E-state index contributed by atoms with van der Waals surface area (Å²) in [5, 5.41) is 2.96. The van der Waals surface area contributed by atoms with Crippen molar-refractivity contribution in [2.24, 2.45) is 0 Å². The molecule has 0 saturated heterocycles. The average Bonchev–Trinajstić information content (AvgIpc) is 3.15. The van der Waals surface area contributed by atoms with Gasteiger partial charge in [0.15, 0.2) is 0 Å². The molecular formula is C24H24N4O2. The predicted octanol–water partition coefficient (Wildman–Crippen LogP) is 3.87. The number of hydrogen-bond acceptors (Lipinski definition) is 4. The molecule has 0 spiro atoms. The number of nitrogens with one attached hydrogen (secondary N) is 1. The number of aryl methyl sites for hydroxylation is 1. The molecule has 2 heterocycles. The second kappa shape index (κ2) is 9.69. The number of pyridine rings is 1. The molecule has 2 aromatic carbocycles. The Morgan fingerprint density at radius 1 is 0.967 bits per heavy atom. The number of hydrogen-bond donors (Lipinski definition) is 1. The highest BCUT2D eigenvalue weighted by atomic mass is 16.5. The molecule has 0 saturated carbocycles. The van der Waals surface area contributed by atoms with Gasteiger partial charge in [-0.2, -0.15) is 0 Å². The summed E-state index contributed by atoms with van der Waals surface area (Å²) in [5.74, 6) is 1.74. The fourth-order valence-corrected chi connectivity index (χ4v) is 3.39. The SMILES string of the molecule is O=C(NCCc1nc2ccccc2n1CCCOc1ccccc1)c1ccncc1. The highest BCUT2D eigenvalue weighted by molar-refractivity contribution is 5.93. The van der Waals surface area contributed by atoms with E-state index in [1.807, 2.05) is 48.5 Å². The van der Waals surface area contributed by atoms with Crippen molar-refractivity contribution in [2.45, 2.75) is 19.4 Å². The molecule has 6 heteroatoms.